The fourth-order valence-corrected chi connectivity index (χ4v) is 3.50. The van der Waals surface area contributed by atoms with Crippen LogP contribution in [0.3, 0.4) is 0 Å². The van der Waals surface area contributed by atoms with Gasteiger partial charge in [0.1, 0.15) is 5.75 Å². The molecule has 0 aliphatic carbocycles. The lowest BCUT2D eigenvalue weighted by atomic mass is 10.1. The number of para-hydroxylation sites is 1. The Hall–Kier alpha value is -2.54. The molecule has 29 heavy (non-hydrogen) atoms. The number of aliphatic imine (C=N–C) groups is 1. The van der Waals surface area contributed by atoms with Crippen LogP contribution in [0.4, 0.5) is 0 Å². The topological polar surface area (TPSA) is 79.8 Å². The lowest BCUT2D eigenvalue weighted by molar-refractivity contribution is 0.336. The van der Waals surface area contributed by atoms with Gasteiger partial charge >= 0.3 is 0 Å². The standard InChI is InChI=1S/C22H31N3O3S/c1-4-23-22(25-17-15-19-8-6-7-9-21(19)28-5-2)24-16-14-18-10-12-20(13-11-18)29(3,26)27/h6-13H,4-5,14-17H2,1-3H3,(H2,23,24,25). The molecule has 0 spiro atoms. The first-order valence-electron chi connectivity index (χ1n) is 9.96. The number of benzene rings is 2. The zero-order valence-electron chi connectivity index (χ0n) is 17.4. The Balaban J connectivity index is 1.88. The molecule has 2 aromatic rings. The van der Waals surface area contributed by atoms with Crippen LogP contribution in [0.25, 0.3) is 0 Å². The lowest BCUT2D eigenvalue weighted by Gasteiger charge is -2.12. The van der Waals surface area contributed by atoms with Crippen LogP contribution in [0.2, 0.25) is 0 Å². The minimum atomic E-state index is -3.15. The first-order valence-corrected chi connectivity index (χ1v) is 11.8. The SMILES string of the molecule is CCNC(=NCCc1ccccc1OCC)NCCc1ccc(S(C)(=O)=O)cc1. The summed E-state index contributed by atoms with van der Waals surface area (Å²) in [4.78, 5) is 4.99. The van der Waals surface area contributed by atoms with Crippen LogP contribution in [0, 0.1) is 0 Å². The van der Waals surface area contributed by atoms with Crippen LogP contribution in [0.15, 0.2) is 58.4 Å². The second kappa shape index (κ2) is 11.5. The maximum absolute atomic E-state index is 11.5. The van der Waals surface area contributed by atoms with Crippen LogP contribution >= 0.6 is 0 Å². The molecule has 0 radical (unpaired) electrons. The Bertz CT molecular complexity index is 894. The molecule has 2 rings (SSSR count). The van der Waals surface area contributed by atoms with E-state index in [1.165, 1.54) is 6.26 Å². The Labute approximate surface area is 174 Å². The van der Waals surface area contributed by atoms with Gasteiger partial charge in [0, 0.05) is 25.9 Å². The third-order valence-electron chi connectivity index (χ3n) is 4.33. The molecule has 0 saturated heterocycles. The van der Waals surface area contributed by atoms with E-state index in [-0.39, 0.29) is 0 Å². The van der Waals surface area contributed by atoms with E-state index in [2.05, 4.69) is 21.7 Å². The van der Waals surface area contributed by atoms with E-state index in [0.717, 1.165) is 42.2 Å². The fourth-order valence-electron chi connectivity index (χ4n) is 2.87. The summed E-state index contributed by atoms with van der Waals surface area (Å²) in [5, 5.41) is 6.58. The van der Waals surface area contributed by atoms with Crippen molar-refractivity contribution in [2.24, 2.45) is 4.99 Å². The summed E-state index contributed by atoms with van der Waals surface area (Å²) in [6.45, 7) is 6.81. The lowest BCUT2D eigenvalue weighted by Crippen LogP contribution is -2.38. The molecule has 0 unspecified atom stereocenters. The summed E-state index contributed by atoms with van der Waals surface area (Å²) in [5.41, 5.74) is 2.23. The van der Waals surface area contributed by atoms with Crippen LogP contribution in [-0.4, -0.2) is 46.9 Å². The third kappa shape index (κ3) is 7.77. The molecule has 0 saturated carbocycles. The minimum absolute atomic E-state index is 0.344. The van der Waals surface area contributed by atoms with Crippen molar-refractivity contribution in [3.8, 4) is 5.75 Å². The summed E-state index contributed by atoms with van der Waals surface area (Å²) >= 11 is 0. The molecule has 0 amide bonds. The summed E-state index contributed by atoms with van der Waals surface area (Å²) in [6.07, 6.45) is 2.80. The molecule has 0 heterocycles. The first kappa shape index (κ1) is 22.7. The highest BCUT2D eigenvalue weighted by Crippen LogP contribution is 2.18. The smallest absolute Gasteiger partial charge is 0.191 e. The van der Waals surface area contributed by atoms with Gasteiger partial charge in [-0.2, -0.15) is 0 Å². The number of nitrogens with zero attached hydrogens (tertiary/aromatic N) is 1. The van der Waals surface area contributed by atoms with Crippen molar-refractivity contribution in [2.45, 2.75) is 31.6 Å². The highest BCUT2D eigenvalue weighted by molar-refractivity contribution is 7.90. The summed E-state index contributed by atoms with van der Waals surface area (Å²) in [6, 6.07) is 15.1. The number of nitrogens with one attached hydrogen (secondary N) is 2. The molecule has 0 aliphatic rings. The normalized spacial score (nSPS) is 11.9. The van der Waals surface area contributed by atoms with Gasteiger partial charge in [0.15, 0.2) is 15.8 Å². The van der Waals surface area contributed by atoms with Gasteiger partial charge < -0.3 is 15.4 Å². The van der Waals surface area contributed by atoms with Gasteiger partial charge in [-0.1, -0.05) is 30.3 Å². The number of sulfone groups is 1. The number of hydrogen-bond donors (Lipinski definition) is 2. The van der Waals surface area contributed by atoms with E-state index in [4.69, 9.17) is 4.74 Å². The molecule has 0 bridgehead atoms. The van der Waals surface area contributed by atoms with Gasteiger partial charge in [-0.05, 0) is 56.0 Å². The maximum atomic E-state index is 11.5. The van der Waals surface area contributed by atoms with Gasteiger partial charge in [-0.25, -0.2) is 8.42 Å². The van der Waals surface area contributed by atoms with E-state index in [1.807, 2.05) is 44.2 Å². The van der Waals surface area contributed by atoms with Crippen molar-refractivity contribution in [2.75, 3.05) is 32.5 Å². The Morgan fingerprint density at radius 1 is 1.00 bits per heavy atom. The van der Waals surface area contributed by atoms with E-state index in [0.29, 0.717) is 24.6 Å². The fraction of sp³-hybridized carbons (Fsp3) is 0.409. The van der Waals surface area contributed by atoms with Crippen molar-refractivity contribution >= 4 is 15.8 Å². The first-order chi connectivity index (χ1) is 13.9. The zero-order valence-corrected chi connectivity index (χ0v) is 18.3. The Morgan fingerprint density at radius 2 is 1.72 bits per heavy atom. The molecular formula is C22H31N3O3S. The average Bonchev–Trinajstić information content (AvgIpc) is 2.69. The summed E-state index contributed by atoms with van der Waals surface area (Å²) in [7, 11) is -3.15. The second-order valence-corrected chi connectivity index (χ2v) is 8.66. The van der Waals surface area contributed by atoms with Crippen LogP contribution < -0.4 is 15.4 Å². The number of hydrogen-bond acceptors (Lipinski definition) is 4. The highest BCUT2D eigenvalue weighted by atomic mass is 32.2. The van der Waals surface area contributed by atoms with Crippen molar-refractivity contribution in [1.82, 2.24) is 10.6 Å². The molecule has 7 heteroatoms. The molecular weight excluding hydrogens is 386 g/mol. The second-order valence-electron chi connectivity index (χ2n) is 6.64. The molecule has 6 nitrogen and oxygen atoms in total. The van der Waals surface area contributed by atoms with Gasteiger partial charge in [-0.15, -0.1) is 0 Å². The summed E-state index contributed by atoms with van der Waals surface area (Å²) in [5.74, 6) is 1.69. The monoisotopic (exact) mass is 417 g/mol. The number of ether oxygens (including phenoxy) is 1. The van der Waals surface area contributed by atoms with Crippen LogP contribution in [0.5, 0.6) is 5.75 Å². The molecule has 158 valence electrons. The van der Waals surface area contributed by atoms with Crippen molar-refractivity contribution in [3.05, 3.63) is 59.7 Å². The molecule has 0 fully saturated rings. The van der Waals surface area contributed by atoms with Gasteiger partial charge in [0.05, 0.1) is 11.5 Å². The average molecular weight is 418 g/mol. The van der Waals surface area contributed by atoms with Gasteiger partial charge in [0.25, 0.3) is 0 Å². The number of rotatable bonds is 10. The quantitative estimate of drug-likeness (QED) is 0.459. The maximum Gasteiger partial charge on any atom is 0.191 e. The Kier molecular flexibility index (Phi) is 8.99. The Morgan fingerprint density at radius 3 is 2.38 bits per heavy atom. The number of guanidine groups is 1. The predicted molar refractivity (Wildman–Crippen MR) is 119 cm³/mol. The van der Waals surface area contributed by atoms with Gasteiger partial charge in [-0.3, -0.25) is 4.99 Å². The molecule has 0 aromatic heterocycles. The molecule has 0 aliphatic heterocycles. The van der Waals surface area contributed by atoms with Crippen LogP contribution in [0.1, 0.15) is 25.0 Å². The van der Waals surface area contributed by atoms with Crippen molar-refractivity contribution in [1.29, 1.82) is 0 Å². The molecule has 0 atom stereocenters. The molecule has 2 N–H and O–H groups in total. The third-order valence-corrected chi connectivity index (χ3v) is 5.45. The van der Waals surface area contributed by atoms with E-state index < -0.39 is 9.84 Å². The van der Waals surface area contributed by atoms with Crippen molar-refractivity contribution < 1.29 is 13.2 Å². The predicted octanol–water partition coefficient (Wildman–Crippen LogP) is 2.83. The highest BCUT2D eigenvalue weighted by Gasteiger charge is 2.06. The van der Waals surface area contributed by atoms with E-state index in [1.54, 1.807) is 12.1 Å². The zero-order chi connectivity index (χ0) is 21.1. The summed E-state index contributed by atoms with van der Waals surface area (Å²) < 4.78 is 28.7. The minimum Gasteiger partial charge on any atom is -0.494 e. The van der Waals surface area contributed by atoms with Gasteiger partial charge in [0.2, 0.25) is 0 Å². The van der Waals surface area contributed by atoms with E-state index in [9.17, 15) is 8.42 Å². The van der Waals surface area contributed by atoms with Crippen LogP contribution in [-0.2, 0) is 22.7 Å². The molecule has 2 aromatic carbocycles. The van der Waals surface area contributed by atoms with E-state index >= 15 is 0 Å². The van der Waals surface area contributed by atoms with Crippen molar-refractivity contribution in [3.63, 3.8) is 0 Å². The largest absolute Gasteiger partial charge is 0.494 e.